The summed E-state index contributed by atoms with van der Waals surface area (Å²) < 4.78 is 5.99. The third kappa shape index (κ3) is 3.96. The van der Waals surface area contributed by atoms with E-state index in [0.717, 1.165) is 8.66 Å². The highest BCUT2D eigenvalue weighted by Crippen LogP contribution is 2.23. The van der Waals surface area contributed by atoms with Gasteiger partial charge in [0.15, 0.2) is 0 Å². The van der Waals surface area contributed by atoms with Gasteiger partial charge in [0, 0.05) is 31.1 Å². The zero-order chi connectivity index (χ0) is 14.5. The minimum absolute atomic E-state index is 0.114. The van der Waals surface area contributed by atoms with Crippen molar-refractivity contribution in [1.82, 2.24) is 9.80 Å². The van der Waals surface area contributed by atoms with Gasteiger partial charge in [-0.1, -0.05) is 0 Å². The second-order valence-electron chi connectivity index (χ2n) is 4.45. The number of carbonyl (C=O) groups is 2. The molecule has 1 aromatic heterocycles. The monoisotopic (exact) mass is 360 g/mol. The quantitative estimate of drug-likeness (QED) is 0.831. The summed E-state index contributed by atoms with van der Waals surface area (Å²) in [6.07, 6.45) is 0.136. The van der Waals surface area contributed by atoms with E-state index in [2.05, 4.69) is 15.9 Å². The van der Waals surface area contributed by atoms with Crippen LogP contribution in [0, 0.1) is 0 Å². The number of nitrogens with zero attached hydrogens (tertiary/aromatic N) is 2. The molecule has 0 bridgehead atoms. The van der Waals surface area contributed by atoms with E-state index >= 15 is 0 Å². The summed E-state index contributed by atoms with van der Waals surface area (Å²) in [4.78, 5) is 28.2. The molecule has 5 nitrogen and oxygen atoms in total. The Bertz CT molecular complexity index is 484. The summed E-state index contributed by atoms with van der Waals surface area (Å²) in [6, 6.07) is 3.91. The molecule has 0 atom stereocenters. The van der Waals surface area contributed by atoms with E-state index in [1.807, 2.05) is 17.0 Å². The van der Waals surface area contributed by atoms with E-state index in [1.54, 1.807) is 23.2 Å². The molecule has 1 fully saturated rings. The molecule has 2 rings (SSSR count). The van der Waals surface area contributed by atoms with Crippen LogP contribution in [0.1, 0.15) is 11.8 Å². The number of piperazine rings is 1. The number of ether oxygens (including phenoxy) is 1. The summed E-state index contributed by atoms with van der Waals surface area (Å²) in [6.45, 7) is 4.40. The molecule has 110 valence electrons. The topological polar surface area (TPSA) is 49.9 Å². The summed E-state index contributed by atoms with van der Waals surface area (Å²) in [5.41, 5.74) is 0. The molecule has 1 aliphatic rings. The molecule has 0 N–H and O–H groups in total. The lowest BCUT2D eigenvalue weighted by Gasteiger charge is -2.34. The van der Waals surface area contributed by atoms with Crippen molar-refractivity contribution in [3.8, 4) is 0 Å². The molecule has 0 radical (unpaired) electrons. The fourth-order valence-electron chi connectivity index (χ4n) is 2.06. The Labute approximate surface area is 130 Å². The van der Waals surface area contributed by atoms with Gasteiger partial charge in [0.2, 0.25) is 5.91 Å². The first-order valence-electron chi connectivity index (χ1n) is 6.54. The van der Waals surface area contributed by atoms with Gasteiger partial charge in [-0.3, -0.25) is 4.79 Å². The first-order chi connectivity index (χ1) is 9.60. The number of amides is 2. The van der Waals surface area contributed by atoms with E-state index < -0.39 is 0 Å². The van der Waals surface area contributed by atoms with Crippen molar-refractivity contribution >= 4 is 39.3 Å². The molecule has 0 saturated carbocycles. The summed E-state index contributed by atoms with van der Waals surface area (Å²) in [5.74, 6) is 0.114. The van der Waals surface area contributed by atoms with Crippen LogP contribution >= 0.6 is 27.3 Å². The normalized spacial score (nSPS) is 15.3. The van der Waals surface area contributed by atoms with E-state index in [0.29, 0.717) is 39.2 Å². The van der Waals surface area contributed by atoms with Gasteiger partial charge in [0.25, 0.3) is 0 Å². The van der Waals surface area contributed by atoms with Crippen LogP contribution in [0.5, 0.6) is 0 Å². The Kier molecular flexibility index (Phi) is 5.42. The first kappa shape index (κ1) is 15.3. The first-order valence-corrected chi connectivity index (χ1v) is 8.14. The third-order valence-corrected chi connectivity index (χ3v) is 4.74. The second kappa shape index (κ2) is 7.08. The number of hydrogen-bond acceptors (Lipinski definition) is 4. The van der Waals surface area contributed by atoms with Crippen LogP contribution in [0.4, 0.5) is 4.79 Å². The van der Waals surface area contributed by atoms with Crippen molar-refractivity contribution in [1.29, 1.82) is 0 Å². The fourth-order valence-corrected chi connectivity index (χ4v) is 3.53. The molecular formula is C13H17BrN2O3S. The molecular weight excluding hydrogens is 344 g/mol. The van der Waals surface area contributed by atoms with Crippen molar-refractivity contribution in [3.05, 3.63) is 20.8 Å². The maximum absolute atomic E-state index is 12.2. The molecule has 0 spiro atoms. The Balaban J connectivity index is 1.81. The van der Waals surface area contributed by atoms with E-state index in [-0.39, 0.29) is 12.0 Å². The Hall–Kier alpha value is -1.08. The van der Waals surface area contributed by atoms with Crippen molar-refractivity contribution in [2.75, 3.05) is 32.8 Å². The Morgan fingerprint density at radius 2 is 1.90 bits per heavy atom. The van der Waals surface area contributed by atoms with E-state index in [4.69, 9.17) is 4.74 Å². The van der Waals surface area contributed by atoms with Gasteiger partial charge in [0.05, 0.1) is 16.8 Å². The average Bonchev–Trinajstić information content (AvgIpc) is 2.84. The zero-order valence-corrected chi connectivity index (χ0v) is 13.7. The predicted octanol–water partition coefficient (Wildman–Crippen LogP) is 2.35. The zero-order valence-electron chi connectivity index (χ0n) is 11.3. The van der Waals surface area contributed by atoms with Crippen molar-refractivity contribution in [3.63, 3.8) is 0 Å². The average molecular weight is 361 g/mol. The number of rotatable bonds is 3. The summed E-state index contributed by atoms with van der Waals surface area (Å²) in [5, 5.41) is 0. The highest BCUT2D eigenvalue weighted by Gasteiger charge is 2.24. The third-order valence-electron chi connectivity index (χ3n) is 3.11. The molecule has 20 heavy (non-hydrogen) atoms. The lowest BCUT2D eigenvalue weighted by molar-refractivity contribution is -0.132. The van der Waals surface area contributed by atoms with Gasteiger partial charge in [-0.15, -0.1) is 11.3 Å². The number of thiophene rings is 1. The number of halogens is 1. The molecule has 2 heterocycles. The highest BCUT2D eigenvalue weighted by molar-refractivity contribution is 9.11. The van der Waals surface area contributed by atoms with Gasteiger partial charge >= 0.3 is 6.09 Å². The van der Waals surface area contributed by atoms with Crippen LogP contribution in [0.15, 0.2) is 15.9 Å². The standard InChI is InChI=1S/C13H17BrN2O3S/c1-2-19-13(18)16-7-5-15(6-8-16)12(17)9-10-3-4-11(14)20-10/h3-4H,2,5-9H2,1H3. The maximum Gasteiger partial charge on any atom is 0.409 e. The predicted molar refractivity (Wildman–Crippen MR) is 80.9 cm³/mol. The lowest BCUT2D eigenvalue weighted by Crippen LogP contribution is -2.51. The van der Waals surface area contributed by atoms with Crippen molar-refractivity contribution < 1.29 is 14.3 Å². The minimum atomic E-state index is -0.290. The molecule has 0 aromatic carbocycles. The van der Waals surface area contributed by atoms with Gasteiger partial charge < -0.3 is 14.5 Å². The number of carbonyl (C=O) groups excluding carboxylic acids is 2. The molecule has 1 aliphatic heterocycles. The SMILES string of the molecule is CCOC(=O)N1CCN(C(=O)Cc2ccc(Br)s2)CC1. The van der Waals surface area contributed by atoms with E-state index in [9.17, 15) is 9.59 Å². The Morgan fingerprint density at radius 1 is 1.25 bits per heavy atom. The van der Waals surface area contributed by atoms with Crippen molar-refractivity contribution in [2.24, 2.45) is 0 Å². The molecule has 0 unspecified atom stereocenters. The largest absolute Gasteiger partial charge is 0.450 e. The number of hydrogen-bond donors (Lipinski definition) is 0. The van der Waals surface area contributed by atoms with Crippen LogP contribution in [-0.2, 0) is 16.0 Å². The molecule has 0 aliphatic carbocycles. The van der Waals surface area contributed by atoms with Gasteiger partial charge in [-0.05, 0) is 35.0 Å². The minimum Gasteiger partial charge on any atom is -0.450 e. The van der Waals surface area contributed by atoms with Gasteiger partial charge in [-0.25, -0.2) is 4.79 Å². The van der Waals surface area contributed by atoms with Crippen molar-refractivity contribution in [2.45, 2.75) is 13.3 Å². The smallest absolute Gasteiger partial charge is 0.409 e. The van der Waals surface area contributed by atoms with Crippen LogP contribution in [-0.4, -0.2) is 54.6 Å². The highest BCUT2D eigenvalue weighted by atomic mass is 79.9. The van der Waals surface area contributed by atoms with Gasteiger partial charge in [0.1, 0.15) is 0 Å². The van der Waals surface area contributed by atoms with Gasteiger partial charge in [-0.2, -0.15) is 0 Å². The molecule has 7 heteroatoms. The second-order valence-corrected chi connectivity index (χ2v) is 7.00. The Morgan fingerprint density at radius 3 is 2.45 bits per heavy atom. The molecule has 1 saturated heterocycles. The maximum atomic E-state index is 12.2. The van der Waals surface area contributed by atoms with E-state index in [1.165, 1.54) is 0 Å². The fraction of sp³-hybridized carbons (Fsp3) is 0.538. The van der Waals surface area contributed by atoms with Crippen LogP contribution in [0.25, 0.3) is 0 Å². The molecule has 1 aromatic rings. The van der Waals surface area contributed by atoms with Crippen LogP contribution in [0.2, 0.25) is 0 Å². The summed E-state index contributed by atoms with van der Waals surface area (Å²) >= 11 is 4.97. The lowest BCUT2D eigenvalue weighted by atomic mass is 10.2. The van der Waals surface area contributed by atoms with Crippen LogP contribution < -0.4 is 0 Å². The van der Waals surface area contributed by atoms with Crippen LogP contribution in [0.3, 0.4) is 0 Å². The summed E-state index contributed by atoms with van der Waals surface area (Å²) in [7, 11) is 0. The molecule has 2 amide bonds.